The van der Waals surface area contributed by atoms with Crippen molar-refractivity contribution in [3.05, 3.63) is 304 Å². The second-order valence-corrected chi connectivity index (χ2v) is 22.6. The normalized spacial score (nSPS) is 11.9. The lowest BCUT2D eigenvalue weighted by Crippen LogP contribution is -2.16. The van der Waals surface area contributed by atoms with Crippen molar-refractivity contribution in [3.63, 3.8) is 0 Å². The molecule has 0 atom stereocenters. The first kappa shape index (κ1) is 49.4. The van der Waals surface area contributed by atoms with E-state index >= 15 is 0 Å². The zero-order chi connectivity index (χ0) is 57.8. The van der Waals surface area contributed by atoms with Gasteiger partial charge in [0.2, 0.25) is 0 Å². The van der Waals surface area contributed by atoms with E-state index in [0.29, 0.717) is 5.82 Å². The van der Waals surface area contributed by atoms with Gasteiger partial charge >= 0.3 is 0 Å². The van der Waals surface area contributed by atoms with Gasteiger partial charge in [-0.3, -0.25) is 24.1 Å². The van der Waals surface area contributed by atoms with E-state index in [9.17, 15) is 0 Å². The highest BCUT2D eigenvalue weighted by molar-refractivity contribution is 6.15. The zero-order valence-electron chi connectivity index (χ0n) is 47.4. The molecule has 0 spiro atoms. The molecule has 0 unspecified atom stereocenters. The van der Waals surface area contributed by atoms with E-state index in [-0.39, 0.29) is 0 Å². The molecule has 0 bridgehead atoms. The van der Waals surface area contributed by atoms with Gasteiger partial charge in [-0.15, -0.1) is 0 Å². The van der Waals surface area contributed by atoms with E-state index < -0.39 is 0 Å². The molecule has 88 heavy (non-hydrogen) atoms. The summed E-state index contributed by atoms with van der Waals surface area (Å²) >= 11 is 0. The van der Waals surface area contributed by atoms with Crippen LogP contribution in [-0.4, -0.2) is 38.2 Å². The van der Waals surface area contributed by atoms with Crippen LogP contribution in [0.5, 0.6) is 0 Å². The van der Waals surface area contributed by atoms with E-state index in [0.717, 1.165) is 160 Å². The Morgan fingerprint density at radius 2 is 0.511 bits per heavy atom. The smallest absolute Gasteiger partial charge is 0.165 e. The molecule has 8 nitrogen and oxygen atoms in total. The Balaban J connectivity index is 1.14. The van der Waals surface area contributed by atoms with Gasteiger partial charge in [-0.2, -0.15) is 0 Å². The van der Waals surface area contributed by atoms with E-state index in [2.05, 4.69) is 297 Å². The number of aromatic nitrogens is 8. The van der Waals surface area contributed by atoms with Crippen molar-refractivity contribution in [2.75, 3.05) is 0 Å². The van der Waals surface area contributed by atoms with Crippen molar-refractivity contribution < 1.29 is 0 Å². The second kappa shape index (κ2) is 19.8. The van der Waals surface area contributed by atoms with Crippen molar-refractivity contribution in [1.82, 2.24) is 38.2 Å². The van der Waals surface area contributed by atoms with Crippen LogP contribution in [0.4, 0.5) is 0 Å². The topological polar surface area (TPSA) is 71.3 Å². The second-order valence-electron chi connectivity index (χ2n) is 22.6. The number of rotatable bonds is 9. The number of fused-ring (bicyclic) bond motifs is 12. The quantitative estimate of drug-likeness (QED) is 0.144. The van der Waals surface area contributed by atoms with Gasteiger partial charge in [0.05, 0.1) is 60.7 Å². The third-order valence-electron chi connectivity index (χ3n) is 17.7. The van der Waals surface area contributed by atoms with Gasteiger partial charge in [0.15, 0.2) is 11.6 Å². The summed E-state index contributed by atoms with van der Waals surface area (Å²) in [4.78, 5) is 22.2. The van der Waals surface area contributed by atoms with E-state index in [1.165, 1.54) is 0 Å². The molecule has 10 aromatic carbocycles. The lowest BCUT2D eigenvalue weighted by Gasteiger charge is -2.27. The molecule has 8 heterocycles. The largest absolute Gasteiger partial charge is 0.304 e. The van der Waals surface area contributed by atoms with Crippen LogP contribution >= 0.6 is 0 Å². The Kier molecular flexibility index (Phi) is 11.1. The third kappa shape index (κ3) is 7.59. The number of pyridine rings is 4. The Labute approximate surface area is 505 Å². The average Bonchev–Trinajstić information content (AvgIpc) is 1.52. The van der Waals surface area contributed by atoms with Crippen molar-refractivity contribution in [2.45, 2.75) is 0 Å². The summed E-state index contributed by atoms with van der Waals surface area (Å²) in [6, 6.07) is 103. The number of para-hydroxylation sites is 3. The molecule has 0 fully saturated rings. The molecule has 0 aliphatic rings. The van der Waals surface area contributed by atoms with Crippen LogP contribution in [0.3, 0.4) is 0 Å². The van der Waals surface area contributed by atoms with E-state index in [1.54, 1.807) is 0 Å². The molecule has 0 radical (unpaired) electrons. The maximum absolute atomic E-state index is 6.52. The average molecular weight is 1120 g/mol. The molecule has 0 saturated heterocycles. The highest BCUT2D eigenvalue weighted by Gasteiger charge is 2.33. The monoisotopic (exact) mass is 1120 g/mol. The minimum absolute atomic E-state index is 0.710. The van der Waals surface area contributed by atoms with E-state index in [4.69, 9.17) is 19.9 Å². The van der Waals surface area contributed by atoms with Gasteiger partial charge in [-0.25, -0.2) is 4.98 Å². The fraction of sp³-hybridized carbons (Fsp3) is 0. The fourth-order valence-electron chi connectivity index (χ4n) is 13.8. The van der Waals surface area contributed by atoms with Crippen molar-refractivity contribution in [1.29, 1.82) is 0 Å². The molecule has 0 aliphatic carbocycles. The molecule has 0 saturated carbocycles. The van der Waals surface area contributed by atoms with Gasteiger partial charge < -0.3 is 9.13 Å². The molecule has 0 amide bonds. The maximum Gasteiger partial charge on any atom is 0.165 e. The van der Waals surface area contributed by atoms with Crippen molar-refractivity contribution in [2.24, 2.45) is 0 Å². The molecule has 0 aliphatic heterocycles. The minimum atomic E-state index is 0.710. The molecule has 18 aromatic rings. The Morgan fingerprint density at radius 3 is 0.920 bits per heavy atom. The van der Waals surface area contributed by atoms with Gasteiger partial charge in [0.25, 0.3) is 0 Å². The van der Waals surface area contributed by atoms with Gasteiger partial charge in [-0.1, -0.05) is 188 Å². The summed E-state index contributed by atoms with van der Waals surface area (Å²) in [5.41, 5.74) is 23.0. The number of nitrogens with zero attached hydrogens (tertiary/aromatic N) is 8. The summed E-state index contributed by atoms with van der Waals surface area (Å²) < 4.78 is 9.69. The van der Waals surface area contributed by atoms with Crippen molar-refractivity contribution in [3.8, 4) is 78.6 Å². The van der Waals surface area contributed by atoms with Crippen molar-refractivity contribution >= 4 is 87.6 Å². The van der Waals surface area contributed by atoms with Gasteiger partial charge in [-0.05, 0) is 147 Å². The highest BCUT2D eigenvalue weighted by atomic mass is 15.2. The highest BCUT2D eigenvalue weighted by Crippen LogP contribution is 2.50. The van der Waals surface area contributed by atoms with E-state index in [1.807, 2.05) is 24.7 Å². The zero-order valence-corrected chi connectivity index (χ0v) is 47.4. The Hall–Kier alpha value is -12.0. The molecule has 8 aromatic heterocycles. The summed E-state index contributed by atoms with van der Waals surface area (Å²) in [6.45, 7) is 0. The fourth-order valence-corrected chi connectivity index (χ4v) is 13.8. The van der Waals surface area contributed by atoms with Crippen LogP contribution in [0, 0.1) is 0 Å². The van der Waals surface area contributed by atoms with Gasteiger partial charge in [0, 0.05) is 51.1 Å². The molecule has 18 rings (SSSR count). The summed E-state index contributed by atoms with van der Waals surface area (Å²) in [6.07, 6.45) is 5.71. The summed E-state index contributed by atoms with van der Waals surface area (Å²) in [5.74, 6) is 1.43. The summed E-state index contributed by atoms with van der Waals surface area (Å²) in [5, 5.41) is 5.28. The van der Waals surface area contributed by atoms with Crippen LogP contribution in [0.1, 0.15) is 0 Å². The number of benzene rings is 10. The molecular formula is C80H50N8. The lowest BCUT2D eigenvalue weighted by molar-refractivity contribution is 0.960. The summed E-state index contributed by atoms with van der Waals surface area (Å²) in [7, 11) is 0. The Morgan fingerprint density at radius 1 is 0.205 bits per heavy atom. The van der Waals surface area contributed by atoms with Crippen LogP contribution in [-0.2, 0) is 0 Å². The van der Waals surface area contributed by atoms with Crippen LogP contribution < -0.4 is 0 Å². The maximum atomic E-state index is 6.52. The Bertz CT molecular complexity index is 5490. The third-order valence-corrected chi connectivity index (χ3v) is 17.7. The minimum Gasteiger partial charge on any atom is -0.304 e. The first-order chi connectivity index (χ1) is 43.7. The van der Waals surface area contributed by atoms with Crippen LogP contribution in [0.25, 0.3) is 166 Å². The number of hydrogen-bond donors (Lipinski definition) is 0. The first-order valence-corrected chi connectivity index (χ1v) is 29.8. The molecule has 410 valence electrons. The SMILES string of the molecule is c1ccc(-c2cc(-c3ccccc3)cc(-c3c(-n4c5ccccc5c5ncccc54)c(-n4c5ccc(-c6ccccc6)cc5c5cc(-c6ccccc6)ccc54)nc(-n4c5ccccc5c5ncccc54)c3-n3c4ccccc4c4ncccc43)c2)cc1. The van der Waals surface area contributed by atoms with Crippen LogP contribution in [0.2, 0.25) is 0 Å². The standard InChI is InChI=1S/C80H50N8/c1-5-22-51(23-6-1)55-39-41-68-63(49-55)64-50-56(52-24-7-2-8-25-52)40-42-69(64)87(68)79-77(85-65-33-16-13-30-60(65)74-70(85)36-19-43-81-74)73(59-47-57(53-26-9-3-10-27-53)46-58(48-59)54-28-11-4-12-29-54)78(86-66-34-17-14-31-61(66)75-71(86)37-20-44-82-75)80(84-79)88-67-35-18-15-32-62(67)76-72(88)38-21-45-83-76/h1-50H. The molecule has 0 N–H and O–H groups in total. The molecular weight excluding hydrogens is 1070 g/mol. The number of hydrogen-bond acceptors (Lipinski definition) is 4. The first-order valence-electron chi connectivity index (χ1n) is 29.8. The van der Waals surface area contributed by atoms with Crippen LogP contribution in [0.15, 0.2) is 304 Å². The molecule has 8 heteroatoms. The predicted molar refractivity (Wildman–Crippen MR) is 362 cm³/mol. The van der Waals surface area contributed by atoms with Gasteiger partial charge in [0.1, 0.15) is 11.4 Å². The predicted octanol–water partition coefficient (Wildman–Crippen LogP) is 20.0. The lowest BCUT2D eigenvalue weighted by atomic mass is 9.91.